The lowest BCUT2D eigenvalue weighted by molar-refractivity contribution is -0.143. The van der Waals surface area contributed by atoms with Gasteiger partial charge in [-0.05, 0) is 51.5 Å². The van der Waals surface area contributed by atoms with Gasteiger partial charge in [-0.15, -0.1) is 5.10 Å². The number of amides is 1. The fraction of sp³-hybridized carbons (Fsp3) is 0.526. The van der Waals surface area contributed by atoms with Gasteiger partial charge >= 0.3 is 6.18 Å². The summed E-state index contributed by atoms with van der Waals surface area (Å²) < 4.78 is 55.0. The first-order valence-corrected chi connectivity index (χ1v) is 9.31. The third-order valence-electron chi connectivity index (χ3n) is 4.94. The zero-order valence-electron chi connectivity index (χ0n) is 16.5. The van der Waals surface area contributed by atoms with Gasteiger partial charge in [0.05, 0.1) is 5.69 Å². The lowest BCUT2D eigenvalue weighted by Gasteiger charge is -2.34. The molecule has 10 heteroatoms. The fourth-order valence-corrected chi connectivity index (χ4v) is 3.38. The van der Waals surface area contributed by atoms with Crippen LogP contribution in [0.2, 0.25) is 0 Å². The Labute approximate surface area is 166 Å². The summed E-state index contributed by atoms with van der Waals surface area (Å²) in [7, 11) is 0. The van der Waals surface area contributed by atoms with Crippen molar-refractivity contribution in [1.29, 1.82) is 0 Å². The molecule has 1 aromatic heterocycles. The molecule has 0 spiro atoms. The van der Waals surface area contributed by atoms with Crippen molar-refractivity contribution >= 4 is 5.91 Å². The summed E-state index contributed by atoms with van der Waals surface area (Å²) in [4.78, 5) is 16.5. The van der Waals surface area contributed by atoms with E-state index < -0.39 is 29.3 Å². The Hall–Kier alpha value is -2.49. The highest BCUT2D eigenvalue weighted by atomic mass is 19.4. The average Bonchev–Trinajstić information content (AvgIpc) is 2.91. The summed E-state index contributed by atoms with van der Waals surface area (Å²) in [6, 6.07) is 4.35. The van der Waals surface area contributed by atoms with E-state index in [9.17, 15) is 22.4 Å². The van der Waals surface area contributed by atoms with E-state index in [4.69, 9.17) is 0 Å². The van der Waals surface area contributed by atoms with Crippen LogP contribution < -0.4 is 0 Å². The number of hydrogen-bond donors (Lipinski definition) is 0. The molecule has 6 nitrogen and oxygen atoms in total. The van der Waals surface area contributed by atoms with Gasteiger partial charge in [0.2, 0.25) is 0 Å². The topological polar surface area (TPSA) is 54.3 Å². The number of rotatable bonds is 2. The van der Waals surface area contributed by atoms with Crippen LogP contribution in [0.5, 0.6) is 0 Å². The van der Waals surface area contributed by atoms with Crippen molar-refractivity contribution in [3.05, 3.63) is 41.5 Å². The molecule has 3 rings (SSSR count). The van der Waals surface area contributed by atoms with Crippen LogP contribution in [0.4, 0.5) is 17.6 Å². The molecule has 1 aliphatic rings. The maximum absolute atomic E-state index is 13.8. The second-order valence-corrected chi connectivity index (χ2v) is 7.98. The Kier molecular flexibility index (Phi) is 5.66. The maximum Gasteiger partial charge on any atom is 0.435 e. The van der Waals surface area contributed by atoms with Crippen LogP contribution in [-0.4, -0.2) is 62.4 Å². The molecule has 1 fully saturated rings. The Balaban J connectivity index is 1.92. The SMILES string of the molecule is CC(C)(C)N1CCCN(C(=O)c2nnn(-c3ccc(F)cc3)c2C(F)(F)F)CC1. The molecule has 2 heterocycles. The summed E-state index contributed by atoms with van der Waals surface area (Å²) in [5.74, 6) is -1.40. The van der Waals surface area contributed by atoms with Crippen molar-refractivity contribution < 1.29 is 22.4 Å². The Morgan fingerprint density at radius 1 is 1.00 bits per heavy atom. The third-order valence-corrected chi connectivity index (χ3v) is 4.94. The minimum atomic E-state index is -4.85. The molecule has 0 saturated carbocycles. The number of alkyl halides is 3. The molecule has 0 radical (unpaired) electrons. The summed E-state index contributed by atoms with van der Waals surface area (Å²) in [5, 5.41) is 7.09. The normalized spacial score (nSPS) is 16.7. The highest BCUT2D eigenvalue weighted by molar-refractivity contribution is 5.93. The van der Waals surface area contributed by atoms with E-state index in [1.165, 1.54) is 4.90 Å². The molecule has 1 aliphatic heterocycles. The van der Waals surface area contributed by atoms with Crippen molar-refractivity contribution in [3.8, 4) is 5.69 Å². The highest BCUT2D eigenvalue weighted by Gasteiger charge is 2.43. The van der Waals surface area contributed by atoms with Crippen molar-refractivity contribution in [3.63, 3.8) is 0 Å². The molecular weight excluding hydrogens is 390 g/mol. The van der Waals surface area contributed by atoms with E-state index in [2.05, 4.69) is 36.0 Å². The van der Waals surface area contributed by atoms with Crippen LogP contribution >= 0.6 is 0 Å². The van der Waals surface area contributed by atoms with Gasteiger partial charge in [-0.3, -0.25) is 9.69 Å². The number of hydrogen-bond acceptors (Lipinski definition) is 4. The van der Waals surface area contributed by atoms with Crippen LogP contribution in [0.25, 0.3) is 5.69 Å². The number of benzene rings is 1. The number of nitrogens with zero attached hydrogens (tertiary/aromatic N) is 5. The molecule has 158 valence electrons. The molecular formula is C19H23F4N5O. The van der Waals surface area contributed by atoms with E-state index in [-0.39, 0.29) is 11.2 Å². The van der Waals surface area contributed by atoms with Gasteiger partial charge in [0.1, 0.15) is 5.82 Å². The van der Waals surface area contributed by atoms with Gasteiger partial charge in [-0.25, -0.2) is 9.07 Å². The van der Waals surface area contributed by atoms with Crippen molar-refractivity contribution in [2.24, 2.45) is 0 Å². The largest absolute Gasteiger partial charge is 0.435 e. The summed E-state index contributed by atoms with van der Waals surface area (Å²) in [5.41, 5.74) is -2.13. The highest BCUT2D eigenvalue weighted by Crippen LogP contribution is 2.33. The van der Waals surface area contributed by atoms with E-state index in [0.717, 1.165) is 30.8 Å². The van der Waals surface area contributed by atoms with Gasteiger partial charge in [0.15, 0.2) is 11.4 Å². The molecule has 0 bridgehead atoms. The second kappa shape index (κ2) is 7.74. The monoisotopic (exact) mass is 413 g/mol. The number of carbonyl (C=O) groups is 1. The van der Waals surface area contributed by atoms with Crippen molar-refractivity contribution in [2.45, 2.75) is 38.9 Å². The summed E-state index contributed by atoms with van der Waals surface area (Å²) in [6.07, 6.45) is -4.21. The Morgan fingerprint density at radius 2 is 1.66 bits per heavy atom. The van der Waals surface area contributed by atoms with Crippen LogP contribution in [0.1, 0.15) is 43.4 Å². The third kappa shape index (κ3) is 4.58. The first kappa shape index (κ1) is 21.2. The molecule has 0 N–H and O–H groups in total. The predicted molar refractivity (Wildman–Crippen MR) is 98.2 cm³/mol. The minimum absolute atomic E-state index is 0.0277. The number of aromatic nitrogens is 3. The quantitative estimate of drug-likeness (QED) is 0.709. The van der Waals surface area contributed by atoms with Crippen LogP contribution in [-0.2, 0) is 6.18 Å². The van der Waals surface area contributed by atoms with Gasteiger partial charge in [-0.2, -0.15) is 13.2 Å². The first-order valence-electron chi connectivity index (χ1n) is 9.31. The van der Waals surface area contributed by atoms with E-state index in [1.54, 1.807) is 0 Å². The fourth-order valence-electron chi connectivity index (χ4n) is 3.38. The van der Waals surface area contributed by atoms with E-state index in [1.807, 2.05) is 0 Å². The van der Waals surface area contributed by atoms with Gasteiger partial charge in [0.25, 0.3) is 5.91 Å². The van der Waals surface area contributed by atoms with Crippen molar-refractivity contribution in [2.75, 3.05) is 26.2 Å². The summed E-state index contributed by atoms with van der Waals surface area (Å²) in [6.45, 7) is 8.12. The molecule has 1 amide bonds. The second-order valence-electron chi connectivity index (χ2n) is 7.98. The molecule has 0 unspecified atom stereocenters. The lowest BCUT2D eigenvalue weighted by atomic mass is 10.1. The van der Waals surface area contributed by atoms with Gasteiger partial charge in [-0.1, -0.05) is 5.21 Å². The molecule has 2 aromatic rings. The number of carbonyl (C=O) groups excluding carboxylic acids is 1. The van der Waals surface area contributed by atoms with Crippen LogP contribution in [0.3, 0.4) is 0 Å². The molecule has 0 aliphatic carbocycles. The number of halogens is 4. The standard InChI is InChI=1S/C19H23F4N5O/c1-18(2,3)27-10-4-9-26(11-12-27)17(29)15-16(19(21,22)23)28(25-24-15)14-7-5-13(20)6-8-14/h5-8H,4,9-12H2,1-3H3. The minimum Gasteiger partial charge on any atom is -0.336 e. The van der Waals surface area contributed by atoms with E-state index >= 15 is 0 Å². The van der Waals surface area contributed by atoms with Crippen LogP contribution in [0.15, 0.2) is 24.3 Å². The zero-order valence-corrected chi connectivity index (χ0v) is 16.5. The summed E-state index contributed by atoms with van der Waals surface area (Å²) >= 11 is 0. The predicted octanol–water partition coefficient (Wildman–Crippen LogP) is 3.37. The molecule has 0 atom stereocenters. The van der Waals surface area contributed by atoms with E-state index in [0.29, 0.717) is 30.7 Å². The smallest absolute Gasteiger partial charge is 0.336 e. The molecule has 29 heavy (non-hydrogen) atoms. The lowest BCUT2D eigenvalue weighted by Crippen LogP contribution is -2.44. The Morgan fingerprint density at radius 3 is 2.24 bits per heavy atom. The first-order chi connectivity index (χ1) is 13.5. The molecule has 1 saturated heterocycles. The molecule has 1 aromatic carbocycles. The van der Waals surface area contributed by atoms with Crippen LogP contribution in [0, 0.1) is 5.82 Å². The zero-order chi connectivity index (χ0) is 21.4. The Bertz CT molecular complexity index is 870. The van der Waals surface area contributed by atoms with Gasteiger partial charge in [0, 0.05) is 31.7 Å². The average molecular weight is 413 g/mol. The van der Waals surface area contributed by atoms with Crippen molar-refractivity contribution in [1.82, 2.24) is 24.8 Å². The van der Waals surface area contributed by atoms with Gasteiger partial charge < -0.3 is 4.90 Å². The maximum atomic E-state index is 13.8.